The standard InChI is InChI=1S/C19H27ClN2O2/c1-21(2)16-8-13-10-17(11-14(13)9-16)22(3)19(23)12-24-18-6-4-15(20)5-7-18/h4-7,13-14,16-17H,8-12H2,1-3H3/t13-,14+,16?,17?. The predicted molar refractivity (Wildman–Crippen MR) is 96.4 cm³/mol. The lowest BCUT2D eigenvalue weighted by atomic mass is 10.0. The van der Waals surface area contributed by atoms with Gasteiger partial charge >= 0.3 is 0 Å². The van der Waals surface area contributed by atoms with Gasteiger partial charge in [0.1, 0.15) is 5.75 Å². The number of nitrogens with zero attached hydrogens (tertiary/aromatic N) is 2. The summed E-state index contributed by atoms with van der Waals surface area (Å²) in [5.41, 5.74) is 0. The van der Waals surface area contributed by atoms with Crippen molar-refractivity contribution >= 4 is 17.5 Å². The quantitative estimate of drug-likeness (QED) is 0.816. The third kappa shape index (κ3) is 3.86. The normalized spacial score (nSPS) is 28.9. The van der Waals surface area contributed by atoms with Gasteiger partial charge in [-0.1, -0.05) is 11.6 Å². The van der Waals surface area contributed by atoms with Gasteiger partial charge in [-0.25, -0.2) is 0 Å². The van der Waals surface area contributed by atoms with Gasteiger partial charge in [-0.15, -0.1) is 0 Å². The van der Waals surface area contributed by atoms with Crippen LogP contribution >= 0.6 is 11.6 Å². The van der Waals surface area contributed by atoms with Gasteiger partial charge in [0.2, 0.25) is 0 Å². The molecule has 2 aliphatic rings. The first-order valence-electron chi connectivity index (χ1n) is 8.74. The van der Waals surface area contributed by atoms with Gasteiger partial charge in [0.25, 0.3) is 5.91 Å². The van der Waals surface area contributed by atoms with Crippen LogP contribution < -0.4 is 4.74 Å². The van der Waals surface area contributed by atoms with Crippen LogP contribution in [0.3, 0.4) is 0 Å². The Morgan fingerprint density at radius 1 is 1.04 bits per heavy atom. The highest BCUT2D eigenvalue weighted by Crippen LogP contribution is 2.46. The molecule has 0 aromatic heterocycles. The van der Waals surface area contributed by atoms with Crippen molar-refractivity contribution in [3.05, 3.63) is 29.3 Å². The second-order valence-corrected chi connectivity index (χ2v) is 7.92. The number of benzene rings is 1. The first-order chi connectivity index (χ1) is 11.4. The molecule has 4 nitrogen and oxygen atoms in total. The Labute approximate surface area is 149 Å². The minimum Gasteiger partial charge on any atom is -0.484 e. The Kier molecular flexibility index (Phi) is 5.36. The molecule has 5 heteroatoms. The molecule has 2 fully saturated rings. The molecular formula is C19H27ClN2O2. The fourth-order valence-corrected chi connectivity index (χ4v) is 4.40. The summed E-state index contributed by atoms with van der Waals surface area (Å²) < 4.78 is 5.59. The molecule has 0 N–H and O–H groups in total. The largest absolute Gasteiger partial charge is 0.484 e. The van der Waals surface area contributed by atoms with E-state index in [4.69, 9.17) is 16.3 Å². The zero-order chi connectivity index (χ0) is 17.3. The van der Waals surface area contributed by atoms with Crippen LogP contribution in [0.5, 0.6) is 5.75 Å². The Balaban J connectivity index is 1.48. The van der Waals surface area contributed by atoms with E-state index >= 15 is 0 Å². The van der Waals surface area contributed by atoms with Crippen molar-refractivity contribution in [2.24, 2.45) is 11.8 Å². The summed E-state index contributed by atoms with van der Waals surface area (Å²) in [4.78, 5) is 16.7. The minimum atomic E-state index is 0.0547. The molecule has 0 radical (unpaired) electrons. The van der Waals surface area contributed by atoms with Crippen molar-refractivity contribution in [2.75, 3.05) is 27.7 Å². The first-order valence-corrected chi connectivity index (χ1v) is 9.12. The van der Waals surface area contributed by atoms with Crippen molar-refractivity contribution in [2.45, 2.75) is 37.8 Å². The molecule has 24 heavy (non-hydrogen) atoms. The highest BCUT2D eigenvalue weighted by molar-refractivity contribution is 6.30. The molecule has 3 rings (SSSR count). The lowest BCUT2D eigenvalue weighted by molar-refractivity contribution is -0.134. The molecule has 0 spiro atoms. The van der Waals surface area contributed by atoms with E-state index < -0.39 is 0 Å². The van der Waals surface area contributed by atoms with Crippen LogP contribution in [-0.4, -0.2) is 55.5 Å². The number of rotatable bonds is 5. The number of carbonyl (C=O) groups is 1. The maximum atomic E-state index is 12.4. The highest BCUT2D eigenvalue weighted by atomic mass is 35.5. The fourth-order valence-electron chi connectivity index (χ4n) is 4.27. The molecule has 132 valence electrons. The Bertz CT molecular complexity index is 561. The lowest BCUT2D eigenvalue weighted by Gasteiger charge is -2.27. The molecule has 2 aliphatic carbocycles. The summed E-state index contributed by atoms with van der Waals surface area (Å²) in [6.45, 7) is 0.0876. The van der Waals surface area contributed by atoms with E-state index in [0.717, 1.165) is 30.7 Å². The first kappa shape index (κ1) is 17.6. The molecule has 1 aromatic rings. The zero-order valence-corrected chi connectivity index (χ0v) is 15.5. The Morgan fingerprint density at radius 3 is 2.12 bits per heavy atom. The van der Waals surface area contributed by atoms with Crippen LogP contribution in [-0.2, 0) is 4.79 Å². The molecular weight excluding hydrogens is 324 g/mol. The average molecular weight is 351 g/mol. The number of likely N-dealkylation sites (N-methyl/N-ethyl adjacent to an activating group) is 1. The summed E-state index contributed by atoms with van der Waals surface area (Å²) >= 11 is 5.85. The molecule has 0 bridgehead atoms. The van der Waals surface area contributed by atoms with Crippen LogP contribution in [0.1, 0.15) is 25.7 Å². The number of carbonyl (C=O) groups excluding carboxylic acids is 1. The monoisotopic (exact) mass is 350 g/mol. The average Bonchev–Trinajstić information content (AvgIpc) is 3.12. The van der Waals surface area contributed by atoms with E-state index in [-0.39, 0.29) is 12.5 Å². The summed E-state index contributed by atoms with van der Waals surface area (Å²) in [7, 11) is 6.27. The second kappa shape index (κ2) is 7.32. The number of ether oxygens (including phenoxy) is 1. The van der Waals surface area contributed by atoms with Crippen LogP contribution in [0, 0.1) is 11.8 Å². The smallest absolute Gasteiger partial charge is 0.260 e. The summed E-state index contributed by atoms with van der Waals surface area (Å²) in [6.07, 6.45) is 4.82. The van der Waals surface area contributed by atoms with Gasteiger partial charge in [0.05, 0.1) is 0 Å². The summed E-state index contributed by atoms with van der Waals surface area (Å²) in [6, 6.07) is 8.20. The van der Waals surface area contributed by atoms with Crippen molar-refractivity contribution in [1.29, 1.82) is 0 Å². The Morgan fingerprint density at radius 2 is 1.58 bits per heavy atom. The van der Waals surface area contributed by atoms with Crippen LogP contribution in [0.15, 0.2) is 24.3 Å². The van der Waals surface area contributed by atoms with E-state index in [2.05, 4.69) is 19.0 Å². The molecule has 0 saturated heterocycles. The van der Waals surface area contributed by atoms with Crippen LogP contribution in [0.2, 0.25) is 5.02 Å². The van der Waals surface area contributed by atoms with Gasteiger partial charge in [0.15, 0.2) is 6.61 Å². The number of hydrogen-bond acceptors (Lipinski definition) is 3. The van der Waals surface area contributed by atoms with Crippen LogP contribution in [0.4, 0.5) is 0 Å². The molecule has 2 unspecified atom stereocenters. The van der Waals surface area contributed by atoms with Crippen molar-refractivity contribution < 1.29 is 9.53 Å². The molecule has 4 atom stereocenters. The lowest BCUT2D eigenvalue weighted by Crippen LogP contribution is -2.39. The summed E-state index contributed by atoms with van der Waals surface area (Å²) in [5, 5.41) is 0.666. The van der Waals surface area contributed by atoms with E-state index in [9.17, 15) is 4.79 Å². The third-order valence-corrected chi connectivity index (χ3v) is 6.07. The van der Waals surface area contributed by atoms with Crippen molar-refractivity contribution in [3.8, 4) is 5.75 Å². The van der Waals surface area contributed by atoms with E-state index in [1.807, 2.05) is 11.9 Å². The molecule has 2 saturated carbocycles. The zero-order valence-electron chi connectivity index (χ0n) is 14.7. The van der Waals surface area contributed by atoms with Crippen molar-refractivity contribution in [3.63, 3.8) is 0 Å². The number of fused-ring (bicyclic) bond motifs is 1. The van der Waals surface area contributed by atoms with Gasteiger partial charge in [-0.3, -0.25) is 4.79 Å². The number of hydrogen-bond donors (Lipinski definition) is 0. The van der Waals surface area contributed by atoms with Crippen LogP contribution in [0.25, 0.3) is 0 Å². The minimum absolute atomic E-state index is 0.0547. The maximum absolute atomic E-state index is 12.4. The third-order valence-electron chi connectivity index (χ3n) is 5.81. The predicted octanol–water partition coefficient (Wildman–Crippen LogP) is 3.30. The number of halogens is 1. The number of amides is 1. The van der Waals surface area contributed by atoms with E-state index in [1.165, 1.54) is 12.8 Å². The molecule has 0 heterocycles. The van der Waals surface area contributed by atoms with E-state index in [0.29, 0.717) is 16.8 Å². The van der Waals surface area contributed by atoms with Gasteiger partial charge < -0.3 is 14.5 Å². The molecule has 1 aromatic carbocycles. The molecule has 1 amide bonds. The van der Waals surface area contributed by atoms with Gasteiger partial charge in [0, 0.05) is 24.2 Å². The van der Waals surface area contributed by atoms with E-state index in [1.54, 1.807) is 24.3 Å². The SMILES string of the molecule is CN(C)C1C[C@@H]2CC(N(C)C(=O)COc3ccc(Cl)cc3)C[C@@H]2C1. The van der Waals surface area contributed by atoms with Crippen molar-refractivity contribution in [1.82, 2.24) is 9.80 Å². The maximum Gasteiger partial charge on any atom is 0.260 e. The topological polar surface area (TPSA) is 32.8 Å². The second-order valence-electron chi connectivity index (χ2n) is 7.48. The molecule has 0 aliphatic heterocycles. The fraction of sp³-hybridized carbons (Fsp3) is 0.632. The summed E-state index contributed by atoms with van der Waals surface area (Å²) in [5.74, 6) is 2.28. The van der Waals surface area contributed by atoms with Gasteiger partial charge in [-0.2, -0.15) is 0 Å². The Hall–Kier alpha value is -1.26. The highest BCUT2D eigenvalue weighted by Gasteiger charge is 2.44. The van der Waals surface area contributed by atoms with Gasteiger partial charge in [-0.05, 0) is 75.9 Å².